The van der Waals surface area contributed by atoms with E-state index in [4.69, 9.17) is 9.57 Å². The number of nitrogens with zero attached hydrogens (tertiary/aromatic N) is 2. The summed E-state index contributed by atoms with van der Waals surface area (Å²) in [5.74, 6) is 0. The molecule has 2 atom stereocenters. The van der Waals surface area contributed by atoms with Gasteiger partial charge in [-0.05, 0) is 19.0 Å². The van der Waals surface area contributed by atoms with Gasteiger partial charge in [0.2, 0.25) is 0 Å². The summed E-state index contributed by atoms with van der Waals surface area (Å²) in [7, 11) is 0. The Kier molecular flexibility index (Phi) is 6.83. The molecule has 1 N–H and O–H groups in total. The predicted molar refractivity (Wildman–Crippen MR) is 87.1 cm³/mol. The number of oxime groups is 1. The van der Waals surface area contributed by atoms with Crippen LogP contribution >= 0.6 is 0 Å². The Morgan fingerprint density at radius 2 is 2.14 bits per heavy atom. The minimum atomic E-state index is -0.462. The smallest absolute Gasteiger partial charge is 0.145 e. The second kappa shape index (κ2) is 8.88. The predicted octanol–water partition coefficient (Wildman–Crippen LogP) is 1.90. The molecule has 0 spiro atoms. The van der Waals surface area contributed by atoms with Crippen molar-refractivity contribution in [3.8, 4) is 0 Å². The van der Waals surface area contributed by atoms with Gasteiger partial charge in [-0.25, -0.2) is 0 Å². The summed E-state index contributed by atoms with van der Waals surface area (Å²) in [4.78, 5) is 7.73. The average molecular weight is 306 g/mol. The molecule has 0 aliphatic carbocycles. The van der Waals surface area contributed by atoms with Crippen molar-refractivity contribution >= 4 is 5.71 Å². The number of benzene rings is 1. The van der Waals surface area contributed by atoms with E-state index in [2.05, 4.69) is 17.0 Å². The lowest BCUT2D eigenvalue weighted by atomic mass is 10.0. The van der Waals surface area contributed by atoms with Crippen molar-refractivity contribution in [2.75, 3.05) is 32.8 Å². The van der Waals surface area contributed by atoms with Crippen molar-refractivity contribution in [2.24, 2.45) is 5.16 Å². The molecule has 122 valence electrons. The normalized spacial score (nSPS) is 19.1. The maximum Gasteiger partial charge on any atom is 0.145 e. The van der Waals surface area contributed by atoms with Crippen molar-refractivity contribution in [3.63, 3.8) is 0 Å². The van der Waals surface area contributed by atoms with Crippen molar-refractivity contribution in [2.45, 2.75) is 32.5 Å². The van der Waals surface area contributed by atoms with Gasteiger partial charge in [0.25, 0.3) is 0 Å². The van der Waals surface area contributed by atoms with Gasteiger partial charge < -0.3 is 14.7 Å². The Morgan fingerprint density at radius 1 is 1.36 bits per heavy atom. The first-order chi connectivity index (χ1) is 10.7. The van der Waals surface area contributed by atoms with Gasteiger partial charge in [-0.1, -0.05) is 42.4 Å². The zero-order valence-corrected chi connectivity index (χ0v) is 13.4. The SMILES string of the molecule is CCOCC(O)CN(CC)CC1CC(c2ccccc2)=NO1. The van der Waals surface area contributed by atoms with E-state index in [0.29, 0.717) is 19.8 Å². The monoisotopic (exact) mass is 306 g/mol. The molecule has 5 heteroatoms. The van der Waals surface area contributed by atoms with Gasteiger partial charge in [0.05, 0.1) is 18.4 Å². The van der Waals surface area contributed by atoms with E-state index >= 15 is 0 Å². The molecule has 2 rings (SSSR count). The third-order valence-corrected chi connectivity index (χ3v) is 3.73. The summed E-state index contributed by atoms with van der Waals surface area (Å²) in [6, 6.07) is 10.1. The van der Waals surface area contributed by atoms with Gasteiger partial charge in [0.1, 0.15) is 6.10 Å². The number of aliphatic hydroxyl groups excluding tert-OH is 1. The minimum Gasteiger partial charge on any atom is -0.390 e. The summed E-state index contributed by atoms with van der Waals surface area (Å²) < 4.78 is 5.25. The van der Waals surface area contributed by atoms with Crippen LogP contribution in [0.25, 0.3) is 0 Å². The molecule has 22 heavy (non-hydrogen) atoms. The van der Waals surface area contributed by atoms with Gasteiger partial charge in [0.15, 0.2) is 0 Å². The first-order valence-electron chi connectivity index (χ1n) is 7.99. The minimum absolute atomic E-state index is 0.0504. The van der Waals surface area contributed by atoms with Gasteiger partial charge in [-0.15, -0.1) is 0 Å². The van der Waals surface area contributed by atoms with Gasteiger partial charge in [-0.3, -0.25) is 4.90 Å². The second-order valence-corrected chi connectivity index (χ2v) is 5.50. The van der Waals surface area contributed by atoms with Crippen LogP contribution < -0.4 is 0 Å². The van der Waals surface area contributed by atoms with Crippen LogP contribution in [0.5, 0.6) is 0 Å². The standard InChI is InChI=1S/C17H26N2O3/c1-3-19(11-15(20)13-21-4-2)12-16-10-17(18-22-16)14-8-6-5-7-9-14/h5-9,15-16,20H,3-4,10-13H2,1-2H3. The molecule has 1 aromatic carbocycles. The van der Waals surface area contributed by atoms with Crippen LogP contribution in [-0.4, -0.2) is 60.8 Å². The number of hydrogen-bond donors (Lipinski definition) is 1. The molecule has 0 saturated heterocycles. The number of rotatable bonds is 9. The van der Waals surface area contributed by atoms with E-state index in [1.807, 2.05) is 37.3 Å². The van der Waals surface area contributed by atoms with Crippen LogP contribution in [0.15, 0.2) is 35.5 Å². The quantitative estimate of drug-likeness (QED) is 0.757. The summed E-state index contributed by atoms with van der Waals surface area (Å²) in [6.07, 6.45) is 0.396. The van der Waals surface area contributed by atoms with Crippen molar-refractivity contribution in [3.05, 3.63) is 35.9 Å². The highest BCUT2D eigenvalue weighted by molar-refractivity contribution is 6.01. The molecule has 1 heterocycles. The highest BCUT2D eigenvalue weighted by Crippen LogP contribution is 2.17. The van der Waals surface area contributed by atoms with Crippen LogP contribution in [-0.2, 0) is 9.57 Å². The lowest BCUT2D eigenvalue weighted by Crippen LogP contribution is -2.39. The Bertz CT molecular complexity index is 464. The average Bonchev–Trinajstić information content (AvgIpc) is 3.01. The summed E-state index contributed by atoms with van der Waals surface area (Å²) in [5, 5.41) is 14.2. The first-order valence-corrected chi connectivity index (χ1v) is 7.99. The van der Waals surface area contributed by atoms with Gasteiger partial charge >= 0.3 is 0 Å². The largest absolute Gasteiger partial charge is 0.390 e. The maximum absolute atomic E-state index is 9.95. The molecule has 0 amide bonds. The van der Waals surface area contributed by atoms with Crippen LogP contribution in [0.3, 0.4) is 0 Å². The number of ether oxygens (including phenoxy) is 1. The first kappa shape index (κ1) is 16.9. The third-order valence-electron chi connectivity index (χ3n) is 3.73. The maximum atomic E-state index is 9.95. The van der Waals surface area contributed by atoms with E-state index in [-0.39, 0.29) is 6.10 Å². The zero-order chi connectivity index (χ0) is 15.8. The molecule has 0 aromatic heterocycles. The number of likely N-dealkylation sites (N-methyl/N-ethyl adjacent to an activating group) is 1. The molecule has 0 bridgehead atoms. The summed E-state index contributed by atoms with van der Waals surface area (Å²) in [5.41, 5.74) is 2.11. The zero-order valence-electron chi connectivity index (χ0n) is 13.4. The summed E-state index contributed by atoms with van der Waals surface area (Å²) >= 11 is 0. The van der Waals surface area contributed by atoms with E-state index in [1.54, 1.807) is 0 Å². The summed E-state index contributed by atoms with van der Waals surface area (Å²) in [6.45, 7) is 7.24. The molecular formula is C17H26N2O3. The van der Waals surface area contributed by atoms with E-state index in [9.17, 15) is 5.11 Å². The fourth-order valence-electron chi connectivity index (χ4n) is 2.55. The molecular weight excluding hydrogens is 280 g/mol. The molecule has 5 nitrogen and oxygen atoms in total. The molecule has 0 radical (unpaired) electrons. The van der Waals surface area contributed by atoms with Crippen molar-refractivity contribution < 1.29 is 14.7 Å². The van der Waals surface area contributed by atoms with Crippen molar-refractivity contribution in [1.29, 1.82) is 0 Å². The Labute approximate surface area is 132 Å². The van der Waals surface area contributed by atoms with Crippen LogP contribution in [0.1, 0.15) is 25.8 Å². The van der Waals surface area contributed by atoms with Gasteiger partial charge in [-0.2, -0.15) is 0 Å². The lowest BCUT2D eigenvalue weighted by Gasteiger charge is -2.25. The number of aliphatic hydroxyl groups is 1. The fourth-order valence-corrected chi connectivity index (χ4v) is 2.55. The Balaban J connectivity index is 1.79. The highest BCUT2D eigenvalue weighted by atomic mass is 16.6. The lowest BCUT2D eigenvalue weighted by molar-refractivity contribution is 0.00415. The molecule has 1 aromatic rings. The number of hydrogen-bond acceptors (Lipinski definition) is 5. The highest BCUT2D eigenvalue weighted by Gasteiger charge is 2.24. The van der Waals surface area contributed by atoms with Crippen molar-refractivity contribution in [1.82, 2.24) is 4.90 Å². The molecule has 1 aliphatic rings. The van der Waals surface area contributed by atoms with E-state index in [1.165, 1.54) is 0 Å². The van der Waals surface area contributed by atoms with E-state index in [0.717, 1.165) is 30.8 Å². The van der Waals surface area contributed by atoms with Crippen LogP contribution in [0, 0.1) is 0 Å². The Hall–Kier alpha value is -1.43. The fraction of sp³-hybridized carbons (Fsp3) is 0.588. The topological polar surface area (TPSA) is 54.3 Å². The van der Waals surface area contributed by atoms with Crippen LogP contribution in [0.2, 0.25) is 0 Å². The second-order valence-electron chi connectivity index (χ2n) is 5.50. The molecule has 2 unspecified atom stereocenters. The molecule has 0 saturated carbocycles. The third kappa shape index (κ3) is 5.09. The Morgan fingerprint density at radius 3 is 2.82 bits per heavy atom. The molecule has 1 aliphatic heterocycles. The van der Waals surface area contributed by atoms with Crippen LogP contribution in [0.4, 0.5) is 0 Å². The van der Waals surface area contributed by atoms with E-state index < -0.39 is 6.10 Å². The molecule has 0 fully saturated rings. The van der Waals surface area contributed by atoms with Gasteiger partial charge in [0, 0.05) is 26.1 Å².